The van der Waals surface area contributed by atoms with Crippen LogP contribution < -0.4 is 21.9 Å². The van der Waals surface area contributed by atoms with Crippen LogP contribution in [-0.4, -0.2) is 6.03 Å². The molecule has 2 aromatic rings. The Bertz CT molecular complexity index is 781. The first-order valence-electron chi connectivity index (χ1n) is 7.37. The number of hydrogen-bond acceptors (Lipinski definition) is 4. The van der Waals surface area contributed by atoms with E-state index in [4.69, 9.17) is 11.1 Å². The van der Waals surface area contributed by atoms with Crippen LogP contribution in [0.5, 0.6) is 0 Å². The van der Waals surface area contributed by atoms with Gasteiger partial charge in [-0.25, -0.2) is 4.79 Å². The molecule has 6 heteroatoms. The number of hydrazine groups is 1. The first-order valence-corrected chi connectivity index (χ1v) is 7.37. The molecule has 116 valence electrons. The van der Waals surface area contributed by atoms with Crippen molar-refractivity contribution in [1.82, 2.24) is 5.32 Å². The molecule has 0 aliphatic heterocycles. The first kappa shape index (κ1) is 14.9. The molecule has 0 fully saturated rings. The number of hydrogen-bond donors (Lipinski definition) is 4. The van der Waals surface area contributed by atoms with Gasteiger partial charge in [0.15, 0.2) is 0 Å². The van der Waals surface area contributed by atoms with Gasteiger partial charge in [-0.2, -0.15) is 5.26 Å². The lowest BCUT2D eigenvalue weighted by molar-refractivity contribution is 0.248. The molecule has 2 amide bonds. The van der Waals surface area contributed by atoms with Crippen molar-refractivity contribution in [2.24, 2.45) is 5.84 Å². The number of fused-ring (bicyclic) bond motifs is 1. The average Bonchev–Trinajstić information content (AvgIpc) is 2.98. The topological polar surface area (TPSA) is 103 Å². The monoisotopic (exact) mass is 307 g/mol. The normalized spacial score (nSPS) is 15.4. The fourth-order valence-corrected chi connectivity index (χ4v) is 2.87. The molecule has 1 aliphatic carbocycles. The summed E-state index contributed by atoms with van der Waals surface area (Å²) >= 11 is 0. The molecule has 5 N–H and O–H groups in total. The van der Waals surface area contributed by atoms with Crippen molar-refractivity contribution in [1.29, 1.82) is 5.26 Å². The van der Waals surface area contributed by atoms with Gasteiger partial charge in [0, 0.05) is 0 Å². The number of nitrogens with zero attached hydrogens (tertiary/aromatic N) is 1. The summed E-state index contributed by atoms with van der Waals surface area (Å²) in [4.78, 5) is 12.3. The Labute approximate surface area is 134 Å². The fraction of sp³-hybridized carbons (Fsp3) is 0.176. The second-order valence-electron chi connectivity index (χ2n) is 5.41. The number of amides is 2. The predicted molar refractivity (Wildman–Crippen MR) is 88.6 cm³/mol. The Kier molecular flexibility index (Phi) is 4.13. The van der Waals surface area contributed by atoms with Crippen molar-refractivity contribution in [2.75, 3.05) is 10.7 Å². The minimum atomic E-state index is -0.321. The number of carbonyl (C=O) groups is 1. The lowest BCUT2D eigenvalue weighted by Crippen LogP contribution is -2.32. The summed E-state index contributed by atoms with van der Waals surface area (Å²) in [5, 5.41) is 14.7. The zero-order chi connectivity index (χ0) is 16.2. The third kappa shape index (κ3) is 3.10. The number of urea groups is 1. The number of carbonyl (C=O) groups excluding carboxylic acids is 1. The van der Waals surface area contributed by atoms with E-state index in [0.717, 1.165) is 18.4 Å². The summed E-state index contributed by atoms with van der Waals surface area (Å²) in [6.45, 7) is 0. The van der Waals surface area contributed by atoms with Gasteiger partial charge in [0.2, 0.25) is 0 Å². The lowest BCUT2D eigenvalue weighted by Gasteiger charge is -2.16. The molecule has 0 bridgehead atoms. The third-order valence-corrected chi connectivity index (χ3v) is 3.99. The van der Waals surface area contributed by atoms with E-state index in [1.807, 2.05) is 24.3 Å². The highest BCUT2D eigenvalue weighted by atomic mass is 16.2. The average molecular weight is 307 g/mol. The van der Waals surface area contributed by atoms with Crippen molar-refractivity contribution in [3.63, 3.8) is 0 Å². The maximum absolute atomic E-state index is 12.3. The number of anilines is 2. The van der Waals surface area contributed by atoms with E-state index < -0.39 is 0 Å². The van der Waals surface area contributed by atoms with Gasteiger partial charge in [-0.1, -0.05) is 24.3 Å². The highest BCUT2D eigenvalue weighted by molar-refractivity contribution is 5.93. The van der Waals surface area contributed by atoms with Crippen molar-refractivity contribution in [3.05, 3.63) is 59.2 Å². The van der Waals surface area contributed by atoms with Crippen molar-refractivity contribution in [2.45, 2.75) is 18.9 Å². The van der Waals surface area contributed by atoms with Crippen LogP contribution in [0.4, 0.5) is 16.2 Å². The predicted octanol–water partition coefficient (Wildman–Crippen LogP) is 2.65. The largest absolute Gasteiger partial charge is 0.331 e. The second-order valence-corrected chi connectivity index (χ2v) is 5.41. The number of nitrogens with one attached hydrogen (secondary N) is 3. The van der Waals surface area contributed by atoms with Gasteiger partial charge < -0.3 is 16.1 Å². The van der Waals surface area contributed by atoms with Gasteiger partial charge in [0.1, 0.15) is 0 Å². The van der Waals surface area contributed by atoms with Crippen molar-refractivity contribution >= 4 is 17.4 Å². The van der Waals surface area contributed by atoms with E-state index in [1.165, 1.54) is 5.56 Å². The number of rotatable bonds is 3. The Morgan fingerprint density at radius 1 is 1.22 bits per heavy atom. The molecule has 23 heavy (non-hydrogen) atoms. The van der Waals surface area contributed by atoms with Crippen LogP contribution >= 0.6 is 0 Å². The summed E-state index contributed by atoms with van der Waals surface area (Å²) in [6.07, 6.45) is 1.84. The molecule has 1 aliphatic rings. The lowest BCUT2D eigenvalue weighted by atomic mass is 10.1. The molecule has 0 saturated carbocycles. The van der Waals surface area contributed by atoms with Crippen LogP contribution in [0, 0.1) is 11.3 Å². The number of aryl methyl sites for hydroxylation is 1. The smallest absolute Gasteiger partial charge is 0.319 e. The van der Waals surface area contributed by atoms with Crippen LogP contribution in [0.2, 0.25) is 0 Å². The maximum Gasteiger partial charge on any atom is 0.319 e. The van der Waals surface area contributed by atoms with Crippen LogP contribution in [0.1, 0.15) is 29.2 Å². The summed E-state index contributed by atoms with van der Waals surface area (Å²) in [7, 11) is 0. The van der Waals surface area contributed by atoms with Crippen LogP contribution in [-0.2, 0) is 6.42 Å². The summed E-state index contributed by atoms with van der Waals surface area (Å²) < 4.78 is 0. The number of nitrogen functional groups attached to an aromatic ring is 1. The van der Waals surface area contributed by atoms with Gasteiger partial charge in [-0.3, -0.25) is 5.84 Å². The zero-order valence-corrected chi connectivity index (χ0v) is 12.5. The molecule has 6 nitrogen and oxygen atoms in total. The SMILES string of the molecule is N#Cc1ccc(NN)c(NC(=O)NC2CCc3ccccc32)c1. The molecule has 0 saturated heterocycles. The third-order valence-electron chi connectivity index (χ3n) is 3.99. The summed E-state index contributed by atoms with van der Waals surface area (Å²) in [6, 6.07) is 14.7. The van der Waals surface area contributed by atoms with Gasteiger partial charge in [-0.05, 0) is 42.2 Å². The Morgan fingerprint density at radius 3 is 2.83 bits per heavy atom. The fourth-order valence-electron chi connectivity index (χ4n) is 2.87. The van der Waals surface area contributed by atoms with Crippen molar-refractivity contribution in [3.8, 4) is 6.07 Å². The van der Waals surface area contributed by atoms with E-state index in [-0.39, 0.29) is 12.1 Å². The van der Waals surface area contributed by atoms with Crippen LogP contribution in [0.3, 0.4) is 0 Å². The van der Waals surface area contributed by atoms with Crippen molar-refractivity contribution < 1.29 is 4.79 Å². The number of nitriles is 1. The van der Waals surface area contributed by atoms with Crippen LogP contribution in [0.25, 0.3) is 0 Å². The molecule has 1 atom stereocenters. The molecule has 3 rings (SSSR count). The van der Waals surface area contributed by atoms with E-state index in [9.17, 15) is 4.79 Å². The molecule has 2 aromatic carbocycles. The molecule has 0 spiro atoms. The van der Waals surface area contributed by atoms with E-state index in [1.54, 1.807) is 18.2 Å². The molecule has 0 heterocycles. The number of benzene rings is 2. The highest BCUT2D eigenvalue weighted by Crippen LogP contribution is 2.31. The molecule has 0 aromatic heterocycles. The van der Waals surface area contributed by atoms with Gasteiger partial charge in [0.05, 0.1) is 29.0 Å². The summed E-state index contributed by atoms with van der Waals surface area (Å²) in [5.74, 6) is 5.44. The molecular formula is C17H17N5O. The van der Waals surface area contributed by atoms with Crippen LogP contribution in [0.15, 0.2) is 42.5 Å². The minimum absolute atomic E-state index is 0.000338. The number of nitrogens with two attached hydrogens (primary N) is 1. The van der Waals surface area contributed by atoms with Gasteiger partial charge >= 0.3 is 6.03 Å². The quantitative estimate of drug-likeness (QED) is 0.517. The second kappa shape index (κ2) is 6.38. The van der Waals surface area contributed by atoms with E-state index in [2.05, 4.69) is 22.1 Å². The van der Waals surface area contributed by atoms with Gasteiger partial charge in [-0.15, -0.1) is 0 Å². The Hall–Kier alpha value is -3.04. The first-order chi connectivity index (χ1) is 11.2. The maximum atomic E-state index is 12.3. The molecule has 1 unspecified atom stereocenters. The highest BCUT2D eigenvalue weighted by Gasteiger charge is 2.23. The van der Waals surface area contributed by atoms with E-state index >= 15 is 0 Å². The molecular weight excluding hydrogens is 290 g/mol. The van der Waals surface area contributed by atoms with Gasteiger partial charge in [0.25, 0.3) is 0 Å². The molecule has 0 radical (unpaired) electrons. The van der Waals surface area contributed by atoms with E-state index in [0.29, 0.717) is 16.9 Å². The zero-order valence-electron chi connectivity index (χ0n) is 12.5. The Balaban J connectivity index is 1.72. The standard InChI is InChI=1S/C17H17N5O/c18-10-11-5-7-15(22-19)16(9-11)21-17(23)20-14-8-6-12-3-1-2-4-13(12)14/h1-5,7,9,14,22H,6,8,19H2,(H2,20,21,23). The minimum Gasteiger partial charge on any atom is -0.331 e. The summed E-state index contributed by atoms with van der Waals surface area (Å²) in [5.41, 5.74) is 6.40. The Morgan fingerprint density at radius 2 is 2.04 bits per heavy atom.